The summed E-state index contributed by atoms with van der Waals surface area (Å²) in [6.45, 7) is 1.60. The first kappa shape index (κ1) is 9.51. The van der Waals surface area contributed by atoms with Crippen molar-refractivity contribution in [2.24, 2.45) is 0 Å². The largest absolute Gasteiger partial charge is 0.481 e. The Morgan fingerprint density at radius 2 is 2.00 bits per heavy atom. The molecule has 1 radical (unpaired) electrons. The first-order chi connectivity index (χ1) is 2.27. The molecule has 0 saturated heterocycles. The molecule has 0 rings (SSSR count). The van der Waals surface area contributed by atoms with Crippen LogP contribution in [0.25, 0.3) is 0 Å². The Morgan fingerprint density at radius 1 is 1.83 bits per heavy atom. The molecule has 41 valence electrons. The van der Waals surface area contributed by atoms with E-state index in [1.54, 1.807) is 6.92 Å². The average Bonchev–Trinajstić information content (AvgIpc) is 1.38. The van der Waals surface area contributed by atoms with Crippen LogP contribution in [-0.2, 0) is 27.2 Å². The maximum atomic E-state index is 9.37. The minimum Gasteiger partial charge on any atom is -0.481 e. The number of rotatable bonds is 1. The molecule has 0 aliphatic heterocycles. The average molecular weight is 271 g/mol. The van der Waals surface area contributed by atoms with Gasteiger partial charge in [-0.2, -0.15) is 0 Å². The molecule has 0 atom stereocenters. The van der Waals surface area contributed by atoms with E-state index in [0.717, 1.165) is 0 Å². The molecule has 0 saturated carbocycles. The van der Waals surface area contributed by atoms with E-state index in [9.17, 15) is 4.79 Å². The van der Waals surface area contributed by atoms with Crippen LogP contribution in [-0.4, -0.2) is 11.1 Å². The van der Waals surface area contributed by atoms with Crippen molar-refractivity contribution in [1.29, 1.82) is 0 Å². The van der Waals surface area contributed by atoms with Crippen molar-refractivity contribution in [3.05, 3.63) is 0 Å². The fourth-order valence-electron chi connectivity index (χ4n) is 0. The van der Waals surface area contributed by atoms with E-state index >= 15 is 0 Å². The van der Waals surface area contributed by atoms with Gasteiger partial charge in [-0.05, 0) is 0 Å². The van der Waals surface area contributed by atoms with Crippen LogP contribution in [0.3, 0.4) is 0 Å². The van der Waals surface area contributed by atoms with Gasteiger partial charge in [-0.1, -0.05) is 6.92 Å². The van der Waals surface area contributed by atoms with E-state index in [2.05, 4.69) is 0 Å². The van der Waals surface area contributed by atoms with Crippen molar-refractivity contribution in [3.8, 4) is 0 Å². The van der Waals surface area contributed by atoms with E-state index in [1.807, 2.05) is 0 Å². The summed E-state index contributed by atoms with van der Waals surface area (Å²) in [5.74, 6) is -0.745. The summed E-state index contributed by atoms with van der Waals surface area (Å²) in [6.07, 6.45) is 0.222. The molecule has 0 aromatic heterocycles. The summed E-state index contributed by atoms with van der Waals surface area (Å²) in [7, 11) is 0. The zero-order valence-electron chi connectivity index (χ0n) is 3.36. The number of carbonyl (C=O) groups is 1. The van der Waals surface area contributed by atoms with Crippen LogP contribution in [0.15, 0.2) is 0 Å². The molecule has 0 amide bonds. The molecular weight excluding hydrogens is 265 g/mol. The van der Waals surface area contributed by atoms with Crippen molar-refractivity contribution < 1.29 is 32.3 Å². The van der Waals surface area contributed by atoms with E-state index in [4.69, 9.17) is 5.11 Å². The number of hydrogen-bond donors (Lipinski definition) is 1. The Hall–Kier alpha value is 0.210. The first-order valence-electron chi connectivity index (χ1n) is 1.49. The number of hydrogen-bond acceptors (Lipinski definition) is 1. The first-order valence-corrected chi connectivity index (χ1v) is 1.49. The quantitative estimate of drug-likeness (QED) is 0.704. The fraction of sp³-hybridized carbons (Fsp3) is 0.667. The molecule has 0 unspecified atom stereocenters. The molecule has 1 N–H and O–H groups in total. The van der Waals surface area contributed by atoms with Crippen LogP contribution in [0.5, 0.6) is 0 Å². The molecule has 6 heavy (non-hydrogen) atoms. The van der Waals surface area contributed by atoms with Gasteiger partial charge in [-0.25, -0.2) is 0 Å². The zero-order valence-corrected chi connectivity index (χ0v) is 5.53. The third kappa shape index (κ3) is 8.88. The Balaban J connectivity index is 0. The molecule has 3 heteroatoms. The van der Waals surface area contributed by atoms with Crippen LogP contribution in [0.2, 0.25) is 0 Å². The molecule has 0 spiro atoms. The number of carboxylic acids is 1. The second-order valence-electron chi connectivity index (χ2n) is 0.747. The van der Waals surface area contributed by atoms with Crippen LogP contribution >= 0.6 is 0 Å². The van der Waals surface area contributed by atoms with Crippen LogP contribution in [0, 0.1) is 0 Å². The SMILES string of the molecule is CCC(=O)O.[Au]. The molecule has 0 fully saturated rings. The maximum Gasteiger partial charge on any atom is 0.303 e. The predicted octanol–water partition coefficient (Wildman–Crippen LogP) is 0.478. The summed E-state index contributed by atoms with van der Waals surface area (Å²) < 4.78 is 0. The van der Waals surface area contributed by atoms with Gasteiger partial charge in [0.1, 0.15) is 0 Å². The molecule has 2 nitrogen and oxygen atoms in total. The fourth-order valence-corrected chi connectivity index (χ4v) is 0. The standard InChI is InChI=1S/C3H6O2.Au/c1-2-3(4)5;/h2H2,1H3,(H,4,5);. The smallest absolute Gasteiger partial charge is 0.303 e. The Bertz CT molecular complexity index is 44.1. The summed E-state index contributed by atoms with van der Waals surface area (Å²) >= 11 is 0. The van der Waals surface area contributed by atoms with Gasteiger partial charge >= 0.3 is 5.97 Å². The summed E-state index contributed by atoms with van der Waals surface area (Å²) in [5, 5.41) is 7.72. The van der Waals surface area contributed by atoms with E-state index in [1.165, 1.54) is 0 Å². The summed E-state index contributed by atoms with van der Waals surface area (Å²) in [6, 6.07) is 0. The minimum atomic E-state index is -0.745. The van der Waals surface area contributed by atoms with Crippen LogP contribution < -0.4 is 0 Å². The van der Waals surface area contributed by atoms with Gasteiger partial charge < -0.3 is 5.11 Å². The van der Waals surface area contributed by atoms with Crippen molar-refractivity contribution in [1.82, 2.24) is 0 Å². The van der Waals surface area contributed by atoms with Gasteiger partial charge in [0.05, 0.1) is 0 Å². The van der Waals surface area contributed by atoms with Gasteiger partial charge in [0.2, 0.25) is 0 Å². The van der Waals surface area contributed by atoms with Gasteiger partial charge in [0, 0.05) is 28.8 Å². The Labute approximate surface area is 52.1 Å². The molecule has 0 bridgehead atoms. The Morgan fingerprint density at radius 3 is 2.00 bits per heavy atom. The number of aliphatic carboxylic acids is 1. The minimum absolute atomic E-state index is 0. The zero-order chi connectivity index (χ0) is 4.28. The molecule has 0 aliphatic carbocycles. The van der Waals surface area contributed by atoms with E-state index in [-0.39, 0.29) is 28.8 Å². The normalized spacial score (nSPS) is 6.17. The number of carboxylic acid groups (broad SMARTS) is 1. The monoisotopic (exact) mass is 271 g/mol. The van der Waals surface area contributed by atoms with E-state index in [0.29, 0.717) is 0 Å². The predicted molar refractivity (Wildman–Crippen MR) is 17.9 cm³/mol. The van der Waals surface area contributed by atoms with Crippen molar-refractivity contribution in [2.75, 3.05) is 0 Å². The molecule has 0 heterocycles. The summed E-state index contributed by atoms with van der Waals surface area (Å²) in [4.78, 5) is 9.37. The van der Waals surface area contributed by atoms with Crippen LogP contribution in [0.4, 0.5) is 0 Å². The van der Waals surface area contributed by atoms with Gasteiger partial charge in [0.15, 0.2) is 0 Å². The maximum absolute atomic E-state index is 9.37. The third-order valence-electron chi connectivity index (χ3n) is 0.302. The second-order valence-corrected chi connectivity index (χ2v) is 0.747. The van der Waals surface area contributed by atoms with Gasteiger partial charge in [-0.3, -0.25) is 4.79 Å². The molecule has 0 aromatic carbocycles. The summed E-state index contributed by atoms with van der Waals surface area (Å²) in [5.41, 5.74) is 0. The van der Waals surface area contributed by atoms with Gasteiger partial charge in [0.25, 0.3) is 0 Å². The van der Waals surface area contributed by atoms with Crippen LogP contribution in [0.1, 0.15) is 13.3 Å². The third-order valence-corrected chi connectivity index (χ3v) is 0.302. The molecule has 0 aromatic rings. The molecular formula is C3H6AuO2. The Kier molecular flexibility index (Phi) is 8.26. The van der Waals surface area contributed by atoms with Crippen molar-refractivity contribution in [3.63, 3.8) is 0 Å². The second kappa shape index (κ2) is 5.21. The van der Waals surface area contributed by atoms with E-state index < -0.39 is 5.97 Å². The van der Waals surface area contributed by atoms with Crippen molar-refractivity contribution in [2.45, 2.75) is 13.3 Å². The molecule has 0 aliphatic rings. The van der Waals surface area contributed by atoms with Crippen molar-refractivity contribution >= 4 is 5.97 Å². The topological polar surface area (TPSA) is 37.3 Å². The van der Waals surface area contributed by atoms with Gasteiger partial charge in [-0.15, -0.1) is 0 Å².